The van der Waals surface area contributed by atoms with Gasteiger partial charge in [0.25, 0.3) is 0 Å². The lowest BCUT2D eigenvalue weighted by Crippen LogP contribution is -1.93. The maximum Gasteiger partial charge on any atom is 0.303 e. The monoisotopic (exact) mass is 308 g/mol. The molecule has 128 valence electrons. The van der Waals surface area contributed by atoms with E-state index < -0.39 is 5.97 Å². The van der Waals surface area contributed by atoms with Crippen LogP contribution in [0.1, 0.15) is 96.8 Å². The summed E-state index contributed by atoms with van der Waals surface area (Å²) >= 11 is 0. The third-order valence-corrected chi connectivity index (χ3v) is 5.89. The number of hydrogen-bond acceptors (Lipinski definition) is 1. The average molecular weight is 309 g/mol. The summed E-state index contributed by atoms with van der Waals surface area (Å²) in [4.78, 5) is 10.4. The Morgan fingerprint density at radius 2 is 1.36 bits per heavy atom. The van der Waals surface area contributed by atoms with Gasteiger partial charge in [-0.15, -0.1) is 0 Å². The van der Waals surface area contributed by atoms with Crippen LogP contribution in [0.25, 0.3) is 0 Å². The van der Waals surface area contributed by atoms with Crippen LogP contribution < -0.4 is 0 Å². The summed E-state index contributed by atoms with van der Waals surface area (Å²) in [5, 5.41) is 8.58. The first kappa shape index (κ1) is 17.8. The molecule has 0 bridgehead atoms. The lowest BCUT2D eigenvalue weighted by molar-refractivity contribution is -0.137. The van der Waals surface area contributed by atoms with Crippen molar-refractivity contribution >= 4 is 5.97 Å². The molecule has 2 heteroatoms. The van der Waals surface area contributed by atoms with Crippen molar-refractivity contribution in [3.8, 4) is 0 Å². The highest BCUT2D eigenvalue weighted by molar-refractivity contribution is 5.66. The van der Waals surface area contributed by atoms with E-state index in [9.17, 15) is 4.79 Å². The normalized spacial score (nSPS) is 29.5. The lowest BCUT2D eigenvalue weighted by atomic mass is 10.0. The zero-order valence-corrected chi connectivity index (χ0v) is 14.6. The molecule has 0 radical (unpaired) electrons. The van der Waals surface area contributed by atoms with Crippen molar-refractivity contribution in [2.45, 2.75) is 96.8 Å². The molecule has 4 atom stereocenters. The summed E-state index contributed by atoms with van der Waals surface area (Å²) in [7, 11) is 0. The van der Waals surface area contributed by atoms with Crippen molar-refractivity contribution < 1.29 is 9.90 Å². The second-order valence-corrected chi connectivity index (χ2v) is 7.94. The van der Waals surface area contributed by atoms with E-state index in [0.29, 0.717) is 6.42 Å². The summed E-state index contributed by atoms with van der Waals surface area (Å²) in [6.07, 6.45) is 18.0. The highest BCUT2D eigenvalue weighted by Crippen LogP contribution is 2.54. The Morgan fingerprint density at radius 3 is 1.95 bits per heavy atom. The SMILES string of the molecule is CCCCC[C@@H]1C[C@@H]1C[C@@H]1C[C@@H]1CCCCCCCC(=O)O. The van der Waals surface area contributed by atoms with E-state index in [-0.39, 0.29) is 0 Å². The predicted octanol–water partition coefficient (Wildman–Crippen LogP) is 6.04. The molecule has 0 spiro atoms. The van der Waals surface area contributed by atoms with Crippen LogP contribution in [0, 0.1) is 23.7 Å². The van der Waals surface area contributed by atoms with Gasteiger partial charge in [-0.3, -0.25) is 4.79 Å². The zero-order chi connectivity index (χ0) is 15.8. The first-order valence-electron chi connectivity index (χ1n) is 9.92. The number of aliphatic carboxylic acids is 1. The van der Waals surface area contributed by atoms with Gasteiger partial charge in [0, 0.05) is 6.42 Å². The molecule has 2 fully saturated rings. The van der Waals surface area contributed by atoms with Crippen molar-refractivity contribution in [2.75, 3.05) is 0 Å². The highest BCUT2D eigenvalue weighted by atomic mass is 16.4. The van der Waals surface area contributed by atoms with E-state index in [2.05, 4.69) is 6.92 Å². The van der Waals surface area contributed by atoms with E-state index in [1.165, 1.54) is 64.2 Å². The lowest BCUT2D eigenvalue weighted by Gasteiger charge is -2.02. The molecule has 0 amide bonds. The van der Waals surface area contributed by atoms with Crippen LogP contribution in [0.3, 0.4) is 0 Å². The Bertz CT molecular complexity index is 326. The van der Waals surface area contributed by atoms with E-state index in [4.69, 9.17) is 5.11 Å². The summed E-state index contributed by atoms with van der Waals surface area (Å²) in [6, 6.07) is 0. The number of rotatable bonds is 14. The van der Waals surface area contributed by atoms with Crippen molar-refractivity contribution in [1.29, 1.82) is 0 Å². The van der Waals surface area contributed by atoms with Crippen LogP contribution >= 0.6 is 0 Å². The minimum Gasteiger partial charge on any atom is -0.481 e. The summed E-state index contributed by atoms with van der Waals surface area (Å²) in [5.41, 5.74) is 0. The smallest absolute Gasteiger partial charge is 0.303 e. The standard InChI is InChI=1S/C20H36O2/c1-2-3-7-10-16-13-18(16)15-19-14-17(19)11-8-5-4-6-9-12-20(21)22/h16-19H,2-15H2,1H3,(H,21,22)/t16-,17+,18-,19+/m1/s1. The van der Waals surface area contributed by atoms with Gasteiger partial charge in [0.05, 0.1) is 0 Å². The first-order valence-corrected chi connectivity index (χ1v) is 9.92. The van der Waals surface area contributed by atoms with Gasteiger partial charge in [0.1, 0.15) is 0 Å². The Labute approximate surface area is 137 Å². The summed E-state index contributed by atoms with van der Waals surface area (Å²) in [6.45, 7) is 2.30. The van der Waals surface area contributed by atoms with Crippen LogP contribution in [-0.2, 0) is 4.79 Å². The number of unbranched alkanes of at least 4 members (excludes halogenated alkanes) is 6. The van der Waals surface area contributed by atoms with E-state index in [0.717, 1.165) is 36.5 Å². The second-order valence-electron chi connectivity index (χ2n) is 7.94. The van der Waals surface area contributed by atoms with Crippen molar-refractivity contribution in [3.05, 3.63) is 0 Å². The molecule has 2 aliphatic carbocycles. The van der Waals surface area contributed by atoms with Gasteiger partial charge >= 0.3 is 5.97 Å². The Balaban J connectivity index is 1.36. The van der Waals surface area contributed by atoms with Gasteiger partial charge in [0.15, 0.2) is 0 Å². The molecular weight excluding hydrogens is 272 g/mol. The first-order chi connectivity index (χ1) is 10.7. The molecule has 1 N–H and O–H groups in total. The van der Waals surface area contributed by atoms with E-state index in [1.54, 1.807) is 6.42 Å². The topological polar surface area (TPSA) is 37.3 Å². The largest absolute Gasteiger partial charge is 0.481 e. The number of carboxylic acid groups (broad SMARTS) is 1. The Kier molecular flexibility index (Phi) is 7.75. The summed E-state index contributed by atoms with van der Waals surface area (Å²) < 4.78 is 0. The molecule has 0 aromatic heterocycles. The van der Waals surface area contributed by atoms with Crippen LogP contribution in [0.4, 0.5) is 0 Å². The maximum absolute atomic E-state index is 10.4. The summed E-state index contributed by atoms with van der Waals surface area (Å²) in [5.74, 6) is 3.68. The van der Waals surface area contributed by atoms with Crippen LogP contribution in [0.5, 0.6) is 0 Å². The molecule has 2 rings (SSSR count). The van der Waals surface area contributed by atoms with Gasteiger partial charge < -0.3 is 5.11 Å². The fraction of sp³-hybridized carbons (Fsp3) is 0.950. The van der Waals surface area contributed by atoms with Crippen LogP contribution in [-0.4, -0.2) is 11.1 Å². The van der Waals surface area contributed by atoms with Crippen molar-refractivity contribution in [1.82, 2.24) is 0 Å². The van der Waals surface area contributed by atoms with Gasteiger partial charge in [-0.05, 0) is 49.4 Å². The molecule has 0 saturated heterocycles. The maximum atomic E-state index is 10.4. The number of carboxylic acids is 1. The van der Waals surface area contributed by atoms with E-state index in [1.807, 2.05) is 0 Å². The third kappa shape index (κ3) is 7.15. The quantitative estimate of drug-likeness (QED) is 0.397. The molecule has 0 unspecified atom stereocenters. The molecule has 0 aromatic rings. The molecule has 2 aliphatic rings. The van der Waals surface area contributed by atoms with Gasteiger partial charge in [0.2, 0.25) is 0 Å². The molecule has 2 nitrogen and oxygen atoms in total. The Morgan fingerprint density at radius 1 is 0.818 bits per heavy atom. The molecule has 2 saturated carbocycles. The number of carbonyl (C=O) groups is 1. The minimum atomic E-state index is -0.645. The zero-order valence-electron chi connectivity index (χ0n) is 14.6. The average Bonchev–Trinajstić information content (AvgIpc) is 3.38. The fourth-order valence-electron chi connectivity index (χ4n) is 4.16. The molecular formula is C20H36O2. The third-order valence-electron chi connectivity index (χ3n) is 5.89. The molecule has 22 heavy (non-hydrogen) atoms. The highest BCUT2D eigenvalue weighted by Gasteiger charge is 2.44. The molecule has 0 aromatic carbocycles. The Hall–Kier alpha value is -0.530. The van der Waals surface area contributed by atoms with Crippen molar-refractivity contribution in [2.24, 2.45) is 23.7 Å². The van der Waals surface area contributed by atoms with Gasteiger partial charge in [-0.25, -0.2) is 0 Å². The molecule has 0 aliphatic heterocycles. The second kappa shape index (κ2) is 9.57. The predicted molar refractivity (Wildman–Crippen MR) is 91.9 cm³/mol. The fourth-order valence-corrected chi connectivity index (χ4v) is 4.16. The van der Waals surface area contributed by atoms with Crippen LogP contribution in [0.2, 0.25) is 0 Å². The van der Waals surface area contributed by atoms with Crippen LogP contribution in [0.15, 0.2) is 0 Å². The number of hydrogen-bond donors (Lipinski definition) is 1. The molecule has 0 heterocycles. The van der Waals surface area contributed by atoms with Crippen molar-refractivity contribution in [3.63, 3.8) is 0 Å². The van der Waals surface area contributed by atoms with Gasteiger partial charge in [-0.2, -0.15) is 0 Å². The minimum absolute atomic E-state index is 0.353. The van der Waals surface area contributed by atoms with E-state index >= 15 is 0 Å². The van der Waals surface area contributed by atoms with Gasteiger partial charge in [-0.1, -0.05) is 64.7 Å².